The van der Waals surface area contributed by atoms with Gasteiger partial charge in [0.1, 0.15) is 0 Å². The van der Waals surface area contributed by atoms with Gasteiger partial charge >= 0.3 is 0 Å². The molecule has 0 aromatic rings. The van der Waals surface area contributed by atoms with Crippen LogP contribution in [-0.2, 0) is 4.74 Å². The molecule has 1 fully saturated rings. The molecule has 1 rings (SSSR count). The number of nitrogens with two attached hydrogens (primary N) is 1. The van der Waals surface area contributed by atoms with E-state index in [0.717, 1.165) is 13.1 Å². The molecule has 0 radical (unpaired) electrons. The van der Waals surface area contributed by atoms with Crippen LogP contribution in [0, 0.1) is 0 Å². The number of ether oxygens (including phenoxy) is 1. The molecule has 0 aromatic heterocycles. The number of nitrogens with zero attached hydrogens (tertiary/aromatic N) is 1. The van der Waals surface area contributed by atoms with Crippen molar-refractivity contribution in [3.05, 3.63) is 0 Å². The first kappa shape index (κ1) is 7.71. The Hall–Kier alpha value is 0.610. The van der Waals surface area contributed by atoms with Gasteiger partial charge in [0.05, 0.1) is 12.1 Å². The third-order valence-electron chi connectivity index (χ3n) is 1.40. The number of rotatable bonds is 2. The van der Waals surface area contributed by atoms with E-state index in [4.69, 9.17) is 10.5 Å². The van der Waals surface area contributed by atoms with Crippen molar-refractivity contribution in [1.82, 2.24) is 3.11 Å². The lowest BCUT2D eigenvalue weighted by atomic mass is 9.95. The van der Waals surface area contributed by atoms with Crippen molar-refractivity contribution in [2.45, 2.75) is 5.54 Å². The monoisotopic (exact) mass is 242 g/mol. The van der Waals surface area contributed by atoms with Crippen LogP contribution in [0.2, 0.25) is 0 Å². The summed E-state index contributed by atoms with van der Waals surface area (Å²) in [7, 11) is 1.68. The zero-order valence-electron chi connectivity index (χ0n) is 5.43. The van der Waals surface area contributed by atoms with E-state index in [2.05, 4.69) is 26.0 Å². The molecule has 0 saturated carbocycles. The SMILES string of the molecule is COCC1(N)CN(I)C1. The molecule has 1 saturated heterocycles. The second-order valence-corrected chi connectivity index (χ2v) is 3.94. The van der Waals surface area contributed by atoms with Gasteiger partial charge in [0.2, 0.25) is 0 Å². The fourth-order valence-corrected chi connectivity index (χ4v) is 2.37. The van der Waals surface area contributed by atoms with E-state index in [9.17, 15) is 0 Å². The summed E-state index contributed by atoms with van der Waals surface area (Å²) in [6.07, 6.45) is 0. The van der Waals surface area contributed by atoms with Gasteiger partial charge in [-0.05, 0) is 0 Å². The third-order valence-corrected chi connectivity index (χ3v) is 2.09. The second-order valence-electron chi connectivity index (χ2n) is 2.57. The van der Waals surface area contributed by atoms with Crippen LogP contribution in [0.5, 0.6) is 0 Å². The molecule has 4 heteroatoms. The zero-order valence-corrected chi connectivity index (χ0v) is 7.59. The van der Waals surface area contributed by atoms with Crippen molar-refractivity contribution in [3.8, 4) is 0 Å². The summed E-state index contributed by atoms with van der Waals surface area (Å²) in [6, 6.07) is 0. The van der Waals surface area contributed by atoms with Crippen molar-refractivity contribution in [1.29, 1.82) is 0 Å². The van der Waals surface area contributed by atoms with Crippen LogP contribution in [0.3, 0.4) is 0 Å². The molecule has 2 N–H and O–H groups in total. The quantitative estimate of drug-likeness (QED) is 0.547. The Balaban J connectivity index is 2.23. The Bertz CT molecular complexity index is 97.6. The lowest BCUT2D eigenvalue weighted by Crippen LogP contribution is -2.66. The van der Waals surface area contributed by atoms with Crippen LogP contribution in [0.1, 0.15) is 0 Å². The lowest BCUT2D eigenvalue weighted by molar-refractivity contribution is 0.0688. The van der Waals surface area contributed by atoms with Gasteiger partial charge in [-0.1, -0.05) is 0 Å². The van der Waals surface area contributed by atoms with Gasteiger partial charge in [0.25, 0.3) is 0 Å². The Morgan fingerprint density at radius 1 is 1.78 bits per heavy atom. The summed E-state index contributed by atoms with van der Waals surface area (Å²) >= 11 is 2.26. The second kappa shape index (κ2) is 2.69. The van der Waals surface area contributed by atoms with E-state index in [1.165, 1.54) is 0 Å². The predicted octanol–water partition coefficient (Wildman–Crippen LogP) is -0.00410. The smallest absolute Gasteiger partial charge is 0.0668 e. The molecular weight excluding hydrogens is 231 g/mol. The van der Waals surface area contributed by atoms with E-state index >= 15 is 0 Å². The molecule has 0 bridgehead atoms. The normalized spacial score (nSPS) is 25.7. The van der Waals surface area contributed by atoms with Crippen molar-refractivity contribution >= 4 is 22.9 Å². The number of hydrogen-bond donors (Lipinski definition) is 1. The molecule has 0 aliphatic carbocycles. The molecule has 1 heterocycles. The molecule has 1 aliphatic heterocycles. The molecule has 0 amide bonds. The van der Waals surface area contributed by atoms with Crippen molar-refractivity contribution in [2.24, 2.45) is 5.73 Å². The Morgan fingerprint density at radius 3 is 2.67 bits per heavy atom. The highest BCUT2D eigenvalue weighted by Gasteiger charge is 2.38. The Kier molecular flexibility index (Phi) is 2.31. The maximum Gasteiger partial charge on any atom is 0.0668 e. The van der Waals surface area contributed by atoms with Crippen molar-refractivity contribution < 1.29 is 4.74 Å². The topological polar surface area (TPSA) is 38.5 Å². The highest BCUT2D eigenvalue weighted by Crippen LogP contribution is 2.21. The van der Waals surface area contributed by atoms with Gasteiger partial charge in [-0.15, -0.1) is 0 Å². The molecule has 54 valence electrons. The number of halogens is 1. The highest BCUT2D eigenvalue weighted by molar-refractivity contribution is 14.1. The average molecular weight is 242 g/mol. The largest absolute Gasteiger partial charge is 0.383 e. The summed E-state index contributed by atoms with van der Waals surface area (Å²) in [5.74, 6) is 0. The number of methoxy groups -OCH3 is 1. The van der Waals surface area contributed by atoms with E-state index in [1.54, 1.807) is 7.11 Å². The molecule has 0 aromatic carbocycles. The molecule has 0 unspecified atom stereocenters. The highest BCUT2D eigenvalue weighted by atomic mass is 127. The minimum absolute atomic E-state index is 0.0596. The fourth-order valence-electron chi connectivity index (χ4n) is 1.02. The van der Waals surface area contributed by atoms with Gasteiger partial charge in [0.15, 0.2) is 0 Å². The van der Waals surface area contributed by atoms with Gasteiger partial charge in [0, 0.05) is 43.1 Å². The minimum Gasteiger partial charge on any atom is -0.383 e. The van der Waals surface area contributed by atoms with Crippen molar-refractivity contribution in [2.75, 3.05) is 26.8 Å². The minimum atomic E-state index is -0.0596. The van der Waals surface area contributed by atoms with Crippen LogP contribution in [0.15, 0.2) is 0 Å². The molecule has 0 atom stereocenters. The maximum absolute atomic E-state index is 5.83. The van der Waals surface area contributed by atoms with E-state index in [0.29, 0.717) is 6.61 Å². The Labute approximate surface area is 69.0 Å². The van der Waals surface area contributed by atoms with Crippen LogP contribution < -0.4 is 5.73 Å². The summed E-state index contributed by atoms with van der Waals surface area (Å²) in [6.45, 7) is 2.56. The zero-order chi connectivity index (χ0) is 6.91. The van der Waals surface area contributed by atoms with Crippen LogP contribution in [-0.4, -0.2) is 35.5 Å². The molecule has 1 aliphatic rings. The fraction of sp³-hybridized carbons (Fsp3) is 1.00. The lowest BCUT2D eigenvalue weighted by Gasteiger charge is -2.43. The van der Waals surface area contributed by atoms with E-state index in [-0.39, 0.29) is 5.54 Å². The van der Waals surface area contributed by atoms with E-state index in [1.807, 2.05) is 0 Å². The Morgan fingerprint density at radius 2 is 2.33 bits per heavy atom. The first-order valence-corrected chi connectivity index (χ1v) is 3.81. The van der Waals surface area contributed by atoms with Gasteiger partial charge in [-0.25, -0.2) is 3.11 Å². The third kappa shape index (κ3) is 1.76. The molecule has 3 nitrogen and oxygen atoms in total. The maximum atomic E-state index is 5.83. The summed E-state index contributed by atoms with van der Waals surface area (Å²) in [5.41, 5.74) is 5.77. The van der Waals surface area contributed by atoms with E-state index < -0.39 is 0 Å². The van der Waals surface area contributed by atoms with Gasteiger partial charge in [-0.2, -0.15) is 0 Å². The van der Waals surface area contributed by atoms with Gasteiger partial charge < -0.3 is 10.5 Å². The number of hydrogen-bond acceptors (Lipinski definition) is 3. The standard InChI is InChI=1S/C5H11IN2O/c1-9-4-5(7)2-8(6)3-5/h2-4,7H2,1H3. The van der Waals surface area contributed by atoms with Crippen LogP contribution in [0.25, 0.3) is 0 Å². The first-order valence-electron chi connectivity index (χ1n) is 2.85. The predicted molar refractivity (Wildman–Crippen MR) is 44.4 cm³/mol. The van der Waals surface area contributed by atoms with Crippen molar-refractivity contribution in [3.63, 3.8) is 0 Å². The average Bonchev–Trinajstić information content (AvgIpc) is 1.62. The molecular formula is C5H11IN2O. The van der Waals surface area contributed by atoms with Gasteiger partial charge in [-0.3, -0.25) is 0 Å². The summed E-state index contributed by atoms with van der Waals surface area (Å²) < 4.78 is 7.09. The summed E-state index contributed by atoms with van der Waals surface area (Å²) in [4.78, 5) is 0. The van der Waals surface area contributed by atoms with Crippen LogP contribution >= 0.6 is 22.9 Å². The van der Waals surface area contributed by atoms with Crippen LogP contribution in [0.4, 0.5) is 0 Å². The first-order chi connectivity index (χ1) is 4.16. The summed E-state index contributed by atoms with van der Waals surface area (Å²) in [5, 5.41) is 0. The molecule has 9 heavy (non-hydrogen) atoms. The molecule has 0 spiro atoms.